The molecular formula is C46H72N2O7. The second kappa shape index (κ2) is 12.9. The SMILES string of the molecule is CC(C)C1=C2[C@H]3CC[C@@H]4[C@@]5(C)CC[C@H](OC(=O)[C@H]6C[C@@H](C(=O)O)C6(C)C)C(C)(C)[C@@H]5CC[C@@]4(C)[C@]3(C)CC[C@@]2(NC(=O)C(C)(C)NC(=O)C(C)(C)C)CC1=O. The fraction of sp³-hybridized carbons (Fsp3) is 0.848. The van der Waals surface area contributed by atoms with E-state index in [1.54, 1.807) is 13.8 Å². The minimum Gasteiger partial charge on any atom is -0.481 e. The zero-order valence-corrected chi connectivity index (χ0v) is 36.5. The number of fused-ring (bicyclic) bond motifs is 7. The quantitative estimate of drug-likeness (QED) is 0.221. The second-order valence-electron chi connectivity index (χ2n) is 22.8. The van der Waals surface area contributed by atoms with Gasteiger partial charge in [-0.05, 0) is 128 Å². The molecule has 3 N–H and O–H groups in total. The van der Waals surface area contributed by atoms with Gasteiger partial charge in [-0.2, -0.15) is 0 Å². The average molecular weight is 765 g/mol. The molecule has 6 rings (SSSR count). The minimum absolute atomic E-state index is 0.000587. The molecule has 0 saturated heterocycles. The van der Waals surface area contributed by atoms with Crippen LogP contribution in [0, 0.1) is 68.0 Å². The Morgan fingerprint density at radius 2 is 1.40 bits per heavy atom. The number of Topliss-reactive ketones (excluding diaryl/α,β-unsaturated/α-hetero) is 1. The van der Waals surface area contributed by atoms with E-state index in [0.29, 0.717) is 24.7 Å². The van der Waals surface area contributed by atoms with Crippen LogP contribution in [-0.2, 0) is 28.7 Å². The molecule has 0 aliphatic heterocycles. The molecule has 10 atom stereocenters. The molecule has 0 heterocycles. The van der Waals surface area contributed by atoms with Gasteiger partial charge in [0, 0.05) is 17.3 Å². The van der Waals surface area contributed by atoms with Crippen molar-refractivity contribution in [1.82, 2.24) is 10.6 Å². The zero-order valence-electron chi connectivity index (χ0n) is 36.5. The Bertz CT molecular complexity index is 1700. The summed E-state index contributed by atoms with van der Waals surface area (Å²) in [7, 11) is 0. The van der Waals surface area contributed by atoms with E-state index in [-0.39, 0.29) is 69.6 Å². The molecule has 6 aliphatic carbocycles. The third-order valence-corrected chi connectivity index (χ3v) is 17.5. The largest absolute Gasteiger partial charge is 0.481 e. The Kier molecular flexibility index (Phi) is 9.83. The van der Waals surface area contributed by atoms with E-state index in [4.69, 9.17) is 4.74 Å². The number of nitrogens with one attached hydrogen (secondary N) is 2. The second-order valence-corrected chi connectivity index (χ2v) is 22.8. The highest BCUT2D eigenvalue weighted by Gasteiger charge is 2.71. The Labute approximate surface area is 330 Å². The van der Waals surface area contributed by atoms with Gasteiger partial charge in [0.15, 0.2) is 5.78 Å². The summed E-state index contributed by atoms with van der Waals surface area (Å²) in [5.74, 6) is -1.29. The van der Waals surface area contributed by atoms with Crippen LogP contribution in [0.15, 0.2) is 11.1 Å². The number of carbonyl (C=O) groups excluding carboxylic acids is 4. The van der Waals surface area contributed by atoms with Gasteiger partial charge in [-0.1, -0.05) is 83.1 Å². The van der Waals surface area contributed by atoms with Crippen LogP contribution in [-0.4, -0.2) is 51.8 Å². The molecule has 0 radical (unpaired) electrons. The Morgan fingerprint density at radius 3 is 1.96 bits per heavy atom. The predicted molar refractivity (Wildman–Crippen MR) is 212 cm³/mol. The van der Waals surface area contributed by atoms with Crippen molar-refractivity contribution in [3.8, 4) is 0 Å². The molecule has 0 aromatic rings. The maximum Gasteiger partial charge on any atom is 0.309 e. The molecule has 55 heavy (non-hydrogen) atoms. The van der Waals surface area contributed by atoms with Crippen LogP contribution in [0.1, 0.15) is 161 Å². The van der Waals surface area contributed by atoms with E-state index in [1.165, 1.54) is 5.57 Å². The lowest BCUT2D eigenvalue weighted by atomic mass is 9.33. The van der Waals surface area contributed by atoms with E-state index in [9.17, 15) is 29.1 Å². The van der Waals surface area contributed by atoms with Crippen molar-refractivity contribution in [3.63, 3.8) is 0 Å². The molecule has 0 aromatic heterocycles. The molecular weight excluding hydrogens is 693 g/mol. The summed E-state index contributed by atoms with van der Waals surface area (Å²) in [5, 5.41) is 16.1. The van der Waals surface area contributed by atoms with Gasteiger partial charge in [0.2, 0.25) is 11.8 Å². The van der Waals surface area contributed by atoms with E-state index in [0.717, 1.165) is 50.5 Å². The molecule has 9 nitrogen and oxygen atoms in total. The number of ether oxygens (including phenoxy) is 1. The average Bonchev–Trinajstić information content (AvgIpc) is 3.33. The first-order valence-corrected chi connectivity index (χ1v) is 21.4. The van der Waals surface area contributed by atoms with E-state index in [2.05, 4.69) is 59.1 Å². The van der Waals surface area contributed by atoms with Crippen molar-refractivity contribution in [2.24, 2.45) is 68.0 Å². The van der Waals surface area contributed by atoms with Crippen LogP contribution in [0.4, 0.5) is 0 Å². The summed E-state index contributed by atoms with van der Waals surface area (Å²) < 4.78 is 6.40. The Morgan fingerprint density at radius 1 is 0.764 bits per heavy atom. The number of aliphatic carboxylic acids is 1. The number of allylic oxidation sites excluding steroid dienone is 1. The molecule has 0 unspecified atom stereocenters. The Hall–Kier alpha value is -2.71. The fourth-order valence-corrected chi connectivity index (χ4v) is 13.8. The van der Waals surface area contributed by atoms with Crippen LogP contribution < -0.4 is 10.6 Å². The summed E-state index contributed by atoms with van der Waals surface area (Å²) in [6.07, 6.45) is 7.84. The standard InChI is InChI=1S/C46H72N2O7/c1-25(2)33-29(49)24-46(48-38(54)42(10,11)47-37(53)39(3,4)5)22-21-44(13)26(34(33)46)15-16-31-43(12)19-18-32(41(8,9)30(43)17-20-45(31,44)14)55-36(52)28-23-27(35(50)51)40(28,6)7/h25-28,30-32H,15-24H2,1-14H3,(H,47,53)(H,48,54)(H,50,51)/t26-,27+,28-,30+,31-,32+,43+,44-,45-,46-/m1/s1. The topological polar surface area (TPSA) is 139 Å². The summed E-state index contributed by atoms with van der Waals surface area (Å²) in [6.45, 7) is 29.1. The smallest absolute Gasteiger partial charge is 0.309 e. The molecule has 0 spiro atoms. The maximum atomic E-state index is 14.2. The van der Waals surface area contributed by atoms with Gasteiger partial charge in [-0.3, -0.25) is 24.0 Å². The van der Waals surface area contributed by atoms with Crippen LogP contribution in [0.2, 0.25) is 0 Å². The number of carboxylic acids is 1. The van der Waals surface area contributed by atoms with E-state index < -0.39 is 39.7 Å². The van der Waals surface area contributed by atoms with Crippen LogP contribution in [0.3, 0.4) is 0 Å². The van der Waals surface area contributed by atoms with Crippen LogP contribution in [0.5, 0.6) is 0 Å². The first-order chi connectivity index (χ1) is 25.0. The number of esters is 1. The van der Waals surface area contributed by atoms with Crippen molar-refractivity contribution in [2.75, 3.05) is 0 Å². The van der Waals surface area contributed by atoms with Crippen molar-refractivity contribution < 1.29 is 33.8 Å². The number of hydrogen-bond acceptors (Lipinski definition) is 6. The van der Waals surface area contributed by atoms with Crippen molar-refractivity contribution in [3.05, 3.63) is 11.1 Å². The summed E-state index contributed by atoms with van der Waals surface area (Å²) in [4.78, 5) is 66.7. The highest BCUT2D eigenvalue weighted by atomic mass is 16.5. The molecule has 9 heteroatoms. The highest BCUT2D eigenvalue weighted by Crippen LogP contribution is 2.76. The first-order valence-electron chi connectivity index (χ1n) is 21.4. The molecule has 308 valence electrons. The van der Waals surface area contributed by atoms with Crippen molar-refractivity contribution in [2.45, 2.75) is 178 Å². The van der Waals surface area contributed by atoms with Gasteiger partial charge >= 0.3 is 11.9 Å². The van der Waals surface area contributed by atoms with Gasteiger partial charge < -0.3 is 20.5 Å². The molecule has 5 fully saturated rings. The lowest BCUT2D eigenvalue weighted by molar-refractivity contribution is -0.235. The van der Waals surface area contributed by atoms with E-state index in [1.807, 2.05) is 34.6 Å². The molecule has 5 saturated carbocycles. The Balaban J connectivity index is 1.27. The highest BCUT2D eigenvalue weighted by molar-refractivity contribution is 6.03. The summed E-state index contributed by atoms with van der Waals surface area (Å²) in [5.41, 5.74) is -1.39. The third-order valence-electron chi connectivity index (χ3n) is 17.5. The normalized spacial score (nSPS) is 40.5. The lowest BCUT2D eigenvalue weighted by Crippen LogP contribution is -2.68. The van der Waals surface area contributed by atoms with Gasteiger partial charge in [-0.25, -0.2) is 0 Å². The fourth-order valence-electron chi connectivity index (χ4n) is 13.8. The number of hydrogen-bond donors (Lipinski definition) is 3. The van der Waals surface area contributed by atoms with Crippen molar-refractivity contribution in [1.29, 1.82) is 0 Å². The van der Waals surface area contributed by atoms with Gasteiger partial charge in [-0.15, -0.1) is 0 Å². The molecule has 6 aliphatic rings. The van der Waals surface area contributed by atoms with Crippen LogP contribution in [0.25, 0.3) is 0 Å². The zero-order chi connectivity index (χ0) is 41.3. The summed E-state index contributed by atoms with van der Waals surface area (Å²) >= 11 is 0. The number of carbonyl (C=O) groups is 5. The monoisotopic (exact) mass is 765 g/mol. The third kappa shape index (κ3) is 6.07. The van der Waals surface area contributed by atoms with Gasteiger partial charge in [0.1, 0.15) is 11.6 Å². The van der Waals surface area contributed by atoms with Gasteiger partial charge in [0.25, 0.3) is 0 Å². The summed E-state index contributed by atoms with van der Waals surface area (Å²) in [6, 6.07) is 0. The maximum absolute atomic E-state index is 14.2. The number of amides is 2. The molecule has 2 amide bonds. The number of rotatable bonds is 7. The van der Waals surface area contributed by atoms with E-state index >= 15 is 0 Å². The van der Waals surface area contributed by atoms with Gasteiger partial charge in [0.05, 0.1) is 17.4 Å². The van der Waals surface area contributed by atoms with Crippen LogP contribution >= 0.6 is 0 Å². The number of ketones is 1. The minimum atomic E-state index is -1.15. The molecule has 0 aromatic carbocycles. The number of carboxylic acid groups (broad SMARTS) is 1. The van der Waals surface area contributed by atoms with Crippen molar-refractivity contribution >= 4 is 29.5 Å². The first kappa shape index (κ1) is 41.9. The lowest BCUT2D eigenvalue weighted by Gasteiger charge is -2.72. The molecule has 0 bridgehead atoms. The predicted octanol–water partition coefficient (Wildman–Crippen LogP) is 8.44.